The summed E-state index contributed by atoms with van der Waals surface area (Å²) >= 11 is 0. The molecule has 0 amide bonds. The van der Waals surface area contributed by atoms with E-state index in [-0.39, 0.29) is 5.97 Å². The van der Waals surface area contributed by atoms with Gasteiger partial charge in [-0.05, 0) is 50.6 Å². The van der Waals surface area contributed by atoms with Gasteiger partial charge in [-0.2, -0.15) is 0 Å². The van der Waals surface area contributed by atoms with Crippen molar-refractivity contribution in [3.63, 3.8) is 0 Å². The van der Waals surface area contributed by atoms with E-state index in [4.69, 9.17) is 14.2 Å². The Morgan fingerprint density at radius 1 is 1.18 bits per heavy atom. The molecule has 0 aliphatic heterocycles. The fraction of sp³-hybridized carbons (Fsp3) is 0.588. The molecule has 1 aromatic rings. The summed E-state index contributed by atoms with van der Waals surface area (Å²) < 4.78 is 15.7. The Bertz CT molecular complexity index is 490. The molecule has 0 aliphatic rings. The minimum absolute atomic E-state index is 0.210. The molecule has 1 rings (SSSR count). The average molecular weight is 309 g/mol. The van der Waals surface area contributed by atoms with Crippen LogP contribution in [0.4, 0.5) is 0 Å². The van der Waals surface area contributed by atoms with E-state index in [9.17, 15) is 4.79 Å². The maximum atomic E-state index is 12.5. The van der Waals surface area contributed by atoms with Crippen LogP contribution in [0.1, 0.15) is 31.7 Å². The molecule has 0 aromatic heterocycles. The third kappa shape index (κ3) is 3.71. The first-order valence-corrected chi connectivity index (χ1v) is 7.55. The average Bonchev–Trinajstić information content (AvgIpc) is 2.57. The smallest absolute Gasteiger partial charge is 0.316 e. The van der Waals surface area contributed by atoms with Gasteiger partial charge in [-0.25, -0.2) is 0 Å². The van der Waals surface area contributed by atoms with E-state index < -0.39 is 5.41 Å². The topological polar surface area (TPSA) is 56.8 Å². The minimum Gasteiger partial charge on any atom is -0.493 e. The first-order chi connectivity index (χ1) is 10.6. The quantitative estimate of drug-likeness (QED) is 0.561. The van der Waals surface area contributed by atoms with Crippen LogP contribution < -0.4 is 14.8 Å². The zero-order chi connectivity index (χ0) is 16.6. The van der Waals surface area contributed by atoms with Gasteiger partial charge in [-0.15, -0.1) is 0 Å². The molecule has 1 aromatic carbocycles. The zero-order valence-electron chi connectivity index (χ0n) is 14.2. The van der Waals surface area contributed by atoms with Crippen molar-refractivity contribution >= 4 is 5.97 Å². The van der Waals surface area contributed by atoms with Crippen LogP contribution in [0.3, 0.4) is 0 Å². The molecular formula is C17H27NO4. The molecular weight excluding hydrogens is 282 g/mol. The van der Waals surface area contributed by atoms with Crippen LogP contribution in [-0.4, -0.2) is 40.9 Å². The van der Waals surface area contributed by atoms with Crippen molar-refractivity contribution < 1.29 is 19.0 Å². The summed E-state index contributed by atoms with van der Waals surface area (Å²) in [6.45, 7) is 2.86. The van der Waals surface area contributed by atoms with Crippen LogP contribution in [0.15, 0.2) is 18.2 Å². The van der Waals surface area contributed by atoms with E-state index in [1.807, 2.05) is 32.2 Å². The Kier molecular flexibility index (Phi) is 7.18. The molecule has 22 heavy (non-hydrogen) atoms. The van der Waals surface area contributed by atoms with Crippen LogP contribution in [0.2, 0.25) is 0 Å². The van der Waals surface area contributed by atoms with Gasteiger partial charge in [0.05, 0.1) is 26.7 Å². The van der Waals surface area contributed by atoms with Gasteiger partial charge < -0.3 is 19.5 Å². The summed E-state index contributed by atoms with van der Waals surface area (Å²) in [5.74, 6) is 1.06. The van der Waals surface area contributed by atoms with Gasteiger partial charge in [-0.1, -0.05) is 13.0 Å². The molecule has 5 heteroatoms. The molecule has 0 spiro atoms. The molecule has 0 saturated carbocycles. The SMILES string of the molecule is CCC(CCCNC)(C(=O)OC)c1ccc(OC)c(OC)c1. The molecule has 124 valence electrons. The first-order valence-electron chi connectivity index (χ1n) is 7.55. The summed E-state index contributed by atoms with van der Waals surface area (Å²) in [4.78, 5) is 12.5. The maximum Gasteiger partial charge on any atom is 0.316 e. The van der Waals surface area contributed by atoms with Crippen LogP contribution in [0, 0.1) is 0 Å². The van der Waals surface area contributed by atoms with Gasteiger partial charge in [0, 0.05) is 0 Å². The van der Waals surface area contributed by atoms with Crippen molar-refractivity contribution in [3.05, 3.63) is 23.8 Å². The second-order valence-corrected chi connectivity index (χ2v) is 5.20. The summed E-state index contributed by atoms with van der Waals surface area (Å²) in [6.07, 6.45) is 2.26. The van der Waals surface area contributed by atoms with E-state index in [1.54, 1.807) is 14.2 Å². The van der Waals surface area contributed by atoms with Crippen LogP contribution in [0.5, 0.6) is 11.5 Å². The fourth-order valence-corrected chi connectivity index (χ4v) is 2.79. The van der Waals surface area contributed by atoms with Crippen LogP contribution in [-0.2, 0) is 14.9 Å². The largest absolute Gasteiger partial charge is 0.493 e. The van der Waals surface area contributed by atoms with Crippen molar-refractivity contribution in [3.8, 4) is 11.5 Å². The molecule has 0 fully saturated rings. The van der Waals surface area contributed by atoms with E-state index in [0.717, 1.165) is 18.5 Å². The Labute approximate surface area is 132 Å². The summed E-state index contributed by atoms with van der Waals surface area (Å²) in [5.41, 5.74) is 0.237. The van der Waals surface area contributed by atoms with Gasteiger partial charge >= 0.3 is 5.97 Å². The molecule has 5 nitrogen and oxygen atoms in total. The van der Waals surface area contributed by atoms with Gasteiger partial charge in [0.25, 0.3) is 0 Å². The van der Waals surface area contributed by atoms with Gasteiger partial charge in [0.1, 0.15) is 0 Å². The highest BCUT2D eigenvalue weighted by Crippen LogP contribution is 2.39. The van der Waals surface area contributed by atoms with Crippen LogP contribution in [0.25, 0.3) is 0 Å². The zero-order valence-corrected chi connectivity index (χ0v) is 14.2. The third-order valence-corrected chi connectivity index (χ3v) is 4.15. The summed E-state index contributed by atoms with van der Waals surface area (Å²) in [7, 11) is 6.53. The molecule has 1 unspecified atom stereocenters. The number of rotatable bonds is 9. The minimum atomic E-state index is -0.662. The number of esters is 1. The molecule has 0 heterocycles. The van der Waals surface area contributed by atoms with Crippen molar-refractivity contribution in [2.45, 2.75) is 31.6 Å². The molecule has 0 saturated heterocycles. The monoisotopic (exact) mass is 309 g/mol. The number of hydrogen-bond acceptors (Lipinski definition) is 5. The molecule has 0 bridgehead atoms. The standard InChI is InChI=1S/C17H27NO4/c1-6-17(16(19)22-5,10-7-11-18-2)13-8-9-14(20-3)15(12-13)21-4/h8-9,12,18H,6-7,10-11H2,1-5H3. The predicted molar refractivity (Wildman–Crippen MR) is 86.7 cm³/mol. The second kappa shape index (κ2) is 8.63. The third-order valence-electron chi connectivity index (χ3n) is 4.15. The van der Waals surface area contributed by atoms with Gasteiger partial charge in [-0.3, -0.25) is 4.79 Å². The summed E-state index contributed by atoms with van der Waals surface area (Å²) in [5, 5.41) is 3.12. The van der Waals surface area contributed by atoms with Crippen molar-refractivity contribution in [1.29, 1.82) is 0 Å². The van der Waals surface area contributed by atoms with E-state index in [0.29, 0.717) is 24.3 Å². The van der Waals surface area contributed by atoms with Gasteiger partial charge in [0.15, 0.2) is 11.5 Å². The first kappa shape index (κ1) is 18.3. The van der Waals surface area contributed by atoms with E-state index >= 15 is 0 Å². The Morgan fingerprint density at radius 3 is 2.36 bits per heavy atom. The predicted octanol–water partition coefficient (Wildman–Crippen LogP) is 2.52. The van der Waals surface area contributed by atoms with Crippen LogP contribution >= 0.6 is 0 Å². The lowest BCUT2D eigenvalue weighted by Gasteiger charge is -2.31. The number of ether oxygens (including phenoxy) is 3. The number of carbonyl (C=O) groups excluding carboxylic acids is 1. The lowest BCUT2D eigenvalue weighted by Crippen LogP contribution is -2.37. The van der Waals surface area contributed by atoms with Crippen molar-refractivity contribution in [2.75, 3.05) is 34.9 Å². The number of methoxy groups -OCH3 is 3. The highest BCUT2D eigenvalue weighted by atomic mass is 16.5. The molecule has 0 aliphatic carbocycles. The number of hydrogen-bond donors (Lipinski definition) is 1. The highest BCUT2D eigenvalue weighted by molar-refractivity contribution is 5.83. The summed E-state index contributed by atoms with van der Waals surface area (Å²) in [6, 6.07) is 5.62. The number of benzene rings is 1. The Morgan fingerprint density at radius 2 is 1.86 bits per heavy atom. The normalized spacial score (nSPS) is 13.3. The number of nitrogens with one attached hydrogen (secondary N) is 1. The molecule has 0 radical (unpaired) electrons. The second-order valence-electron chi connectivity index (χ2n) is 5.20. The fourth-order valence-electron chi connectivity index (χ4n) is 2.79. The van der Waals surface area contributed by atoms with Crippen molar-refractivity contribution in [1.82, 2.24) is 5.32 Å². The van der Waals surface area contributed by atoms with E-state index in [2.05, 4.69) is 5.32 Å². The number of carbonyl (C=O) groups is 1. The lowest BCUT2D eigenvalue weighted by molar-refractivity contribution is -0.148. The Balaban J connectivity index is 3.27. The Hall–Kier alpha value is -1.75. The van der Waals surface area contributed by atoms with Crippen molar-refractivity contribution in [2.24, 2.45) is 0 Å². The van der Waals surface area contributed by atoms with E-state index in [1.165, 1.54) is 7.11 Å². The molecule has 1 atom stereocenters. The van der Waals surface area contributed by atoms with Gasteiger partial charge in [0.2, 0.25) is 0 Å². The maximum absolute atomic E-state index is 12.5. The lowest BCUT2D eigenvalue weighted by atomic mass is 9.74. The molecule has 1 N–H and O–H groups in total. The highest BCUT2D eigenvalue weighted by Gasteiger charge is 2.39.